The summed E-state index contributed by atoms with van der Waals surface area (Å²) >= 11 is 0. The van der Waals surface area contributed by atoms with Crippen LogP contribution in [0, 0.1) is 0 Å². The quantitative estimate of drug-likeness (QED) is 0.213. The number of carboxylic acids is 2. The van der Waals surface area contributed by atoms with Crippen molar-refractivity contribution in [2.45, 2.75) is 12.2 Å². The van der Waals surface area contributed by atoms with E-state index in [0.29, 0.717) is 0 Å². The van der Waals surface area contributed by atoms with Crippen molar-refractivity contribution in [3.63, 3.8) is 0 Å². The van der Waals surface area contributed by atoms with Gasteiger partial charge in [-0.1, -0.05) is 0 Å². The Kier molecular flexibility index (Phi) is 101. The van der Waals surface area contributed by atoms with Gasteiger partial charge in [0.15, 0.2) is 0 Å². The molecule has 0 aliphatic heterocycles. The minimum Gasteiger partial charge on any atom is -0.652 e. The Morgan fingerprint density at radius 2 is 0.741 bits per heavy atom. The number of carbonyl (C=O) groups is 3. The van der Waals surface area contributed by atoms with Crippen LogP contribution in [0.4, 0.5) is 4.79 Å². The van der Waals surface area contributed by atoms with Crippen molar-refractivity contribution in [2.24, 2.45) is 0 Å². The number of aliphatic hydroxyl groups excluding tert-OH is 2. The average molecular weight is 486 g/mol. The Bertz CT molecular complexity index is 387. The molecular weight excluding hydrogens is 472 g/mol. The van der Waals surface area contributed by atoms with E-state index in [1.165, 1.54) is 0 Å². The van der Waals surface area contributed by atoms with Crippen LogP contribution in [0.25, 0.3) is 0 Å². The molecule has 0 aliphatic rings. The minimum absolute atomic E-state index is 0. The Hall–Kier alpha value is 2.48. The number of carbonyl (C=O) groups excluding carboxylic acids is 3. The maximum absolute atomic E-state index is 9.63. The standard InChI is InChI=1S/C4H6O6.CH2O3.K.3Na.H2O4S.4H2O/c5-1(3(7)8)2(6)4(9)10;2-1(3)4;;;;;1-5(2,3)4;;;;/h1-2,5-6H,(H,7,8)(H,9,10);(H2,2,3,4);;;;;(H2,1,2,3,4);4*1H2/q;;4*+1;;;;;/p-4. The first-order valence-corrected chi connectivity index (χ1v) is 4.95. The Morgan fingerprint density at radius 3 is 0.778 bits per heavy atom. The molecule has 2 unspecified atom stereocenters. The van der Waals surface area contributed by atoms with Crippen molar-refractivity contribution in [3.05, 3.63) is 0 Å². The molecule has 0 rings (SSSR count). The molecule has 17 nitrogen and oxygen atoms in total. The van der Waals surface area contributed by atoms with Gasteiger partial charge in [0, 0.05) is 0 Å². The topological polar surface area (TPSA) is 385 Å². The molecule has 12 N–H and O–H groups in total. The molecule has 0 spiro atoms. The molecule has 0 heterocycles. The maximum Gasteiger partial charge on any atom is 1.00 e. The van der Waals surface area contributed by atoms with Crippen molar-refractivity contribution in [1.29, 1.82) is 0 Å². The third-order valence-corrected chi connectivity index (χ3v) is 0.782. The molecule has 0 saturated carbocycles. The van der Waals surface area contributed by atoms with E-state index < -0.39 is 40.7 Å². The summed E-state index contributed by atoms with van der Waals surface area (Å²) in [7, 11) is -4.67. The number of carboxylic acid groups (broad SMARTS) is 4. The predicted molar refractivity (Wildman–Crippen MR) is 56.1 cm³/mol. The van der Waals surface area contributed by atoms with E-state index >= 15 is 0 Å². The van der Waals surface area contributed by atoms with Gasteiger partial charge in [0.2, 0.25) is 0 Å². The Labute approximate surface area is 260 Å². The molecule has 0 bridgehead atoms. The predicted octanol–water partition coefficient (Wildman–Crippen LogP) is -23.2. The largest absolute Gasteiger partial charge is 1.00 e. The number of aliphatic hydroxyl groups is 2. The van der Waals surface area contributed by atoms with Gasteiger partial charge in [-0.05, 0) is 6.16 Å². The maximum atomic E-state index is 9.63. The Morgan fingerprint density at radius 1 is 0.667 bits per heavy atom. The summed E-state index contributed by atoms with van der Waals surface area (Å²) in [6.45, 7) is 0. The molecule has 0 aromatic rings. The summed E-state index contributed by atoms with van der Waals surface area (Å²) in [5.41, 5.74) is 0. The summed E-state index contributed by atoms with van der Waals surface area (Å²) in [6.07, 6.45) is -7.21. The molecular formula is C5H14KNa3O17S. The molecule has 27 heavy (non-hydrogen) atoms. The second-order valence-electron chi connectivity index (χ2n) is 2.23. The second-order valence-corrected chi connectivity index (χ2v) is 3.12. The van der Waals surface area contributed by atoms with Crippen LogP contribution in [-0.2, 0) is 20.0 Å². The summed E-state index contributed by atoms with van der Waals surface area (Å²) in [6, 6.07) is 0. The SMILES string of the molecule is O.O.O.O.O=C([O-])C(O)C(O)C(=O)[O-].O=C([O-])[O-].O=S(=O)(O)O.[K+].[Na+].[Na+].[Na+]. The molecule has 0 fully saturated rings. The van der Waals surface area contributed by atoms with Gasteiger partial charge in [0.05, 0.1) is 11.9 Å². The van der Waals surface area contributed by atoms with Gasteiger partial charge >= 0.3 is 150 Å². The molecule has 22 heteroatoms. The third-order valence-electron chi connectivity index (χ3n) is 0.782. The van der Waals surface area contributed by atoms with E-state index in [1.54, 1.807) is 0 Å². The van der Waals surface area contributed by atoms with Crippen LogP contribution in [0.2, 0.25) is 0 Å². The fourth-order valence-corrected chi connectivity index (χ4v) is 0.258. The van der Waals surface area contributed by atoms with Gasteiger partial charge in [0.1, 0.15) is 12.2 Å². The van der Waals surface area contributed by atoms with Crippen LogP contribution in [0.15, 0.2) is 0 Å². The van der Waals surface area contributed by atoms with Crippen molar-refractivity contribution in [1.82, 2.24) is 0 Å². The van der Waals surface area contributed by atoms with Crippen molar-refractivity contribution >= 4 is 28.5 Å². The zero-order valence-electron chi connectivity index (χ0n) is 14.5. The summed E-state index contributed by atoms with van der Waals surface area (Å²) in [4.78, 5) is 27.6. The van der Waals surface area contributed by atoms with Crippen molar-refractivity contribution < 1.29 is 225 Å². The first-order chi connectivity index (χ1) is 8.20. The van der Waals surface area contributed by atoms with E-state index in [9.17, 15) is 19.8 Å². The third kappa shape index (κ3) is 95.3. The second kappa shape index (κ2) is 39.0. The van der Waals surface area contributed by atoms with Gasteiger partial charge in [-0.3, -0.25) is 9.11 Å². The van der Waals surface area contributed by atoms with E-state index in [4.69, 9.17) is 42.7 Å². The van der Waals surface area contributed by atoms with Gasteiger partial charge < -0.3 is 66.9 Å². The number of hydrogen-bond acceptors (Lipinski definition) is 11. The Balaban J connectivity index is -0.0000000150. The molecule has 0 aromatic heterocycles. The number of aliphatic carboxylic acids is 2. The van der Waals surface area contributed by atoms with Gasteiger partial charge in [-0.25, -0.2) is 0 Å². The van der Waals surface area contributed by atoms with Crippen LogP contribution in [0.3, 0.4) is 0 Å². The summed E-state index contributed by atoms with van der Waals surface area (Å²) in [5, 5.41) is 52.4. The van der Waals surface area contributed by atoms with Crippen LogP contribution < -0.4 is 160 Å². The molecule has 2 atom stereocenters. The first kappa shape index (κ1) is 70.0. The zero-order chi connectivity index (χ0) is 16.4. The molecule has 0 saturated heterocycles. The monoisotopic (exact) mass is 486 g/mol. The summed E-state index contributed by atoms with van der Waals surface area (Å²) < 4.78 is 31.6. The van der Waals surface area contributed by atoms with Crippen LogP contribution in [-0.4, -0.2) is 79.9 Å². The van der Waals surface area contributed by atoms with Gasteiger partial charge in [-0.2, -0.15) is 8.42 Å². The number of rotatable bonds is 3. The smallest absolute Gasteiger partial charge is 0.652 e. The van der Waals surface area contributed by atoms with Gasteiger partial charge in [0.25, 0.3) is 0 Å². The molecule has 146 valence electrons. The normalized spacial score (nSPS) is 8.89. The van der Waals surface area contributed by atoms with Crippen molar-refractivity contribution in [2.75, 3.05) is 0 Å². The van der Waals surface area contributed by atoms with E-state index in [2.05, 4.69) is 0 Å². The van der Waals surface area contributed by atoms with Crippen LogP contribution in [0.1, 0.15) is 0 Å². The minimum atomic E-state index is -4.67. The molecule has 0 amide bonds. The molecule has 0 aromatic carbocycles. The number of hydrogen-bond donors (Lipinski definition) is 4. The van der Waals surface area contributed by atoms with E-state index in [1.807, 2.05) is 0 Å². The van der Waals surface area contributed by atoms with E-state index in [0.717, 1.165) is 0 Å². The fourth-order valence-electron chi connectivity index (χ4n) is 0.258. The molecule has 0 aliphatic carbocycles. The van der Waals surface area contributed by atoms with E-state index in [-0.39, 0.29) is 162 Å². The fraction of sp³-hybridized carbons (Fsp3) is 0.400. The van der Waals surface area contributed by atoms with Crippen LogP contribution in [0.5, 0.6) is 0 Å². The summed E-state index contributed by atoms with van der Waals surface area (Å²) in [5.74, 6) is -4.12. The molecule has 0 radical (unpaired) electrons. The first-order valence-electron chi connectivity index (χ1n) is 3.55. The average Bonchev–Trinajstić information content (AvgIpc) is 2.11. The van der Waals surface area contributed by atoms with Gasteiger partial charge in [-0.15, -0.1) is 0 Å². The van der Waals surface area contributed by atoms with Crippen molar-refractivity contribution in [3.8, 4) is 0 Å². The van der Waals surface area contributed by atoms with Crippen LogP contribution >= 0.6 is 0 Å². The zero-order valence-corrected chi connectivity index (χ0v) is 24.5.